The number of thioether (sulfide) groups is 1. The van der Waals surface area contributed by atoms with Gasteiger partial charge in [-0.2, -0.15) is 4.68 Å². The normalized spacial score (nSPS) is 10.8. The number of halogens is 2. The summed E-state index contributed by atoms with van der Waals surface area (Å²) in [6.07, 6.45) is 0. The van der Waals surface area contributed by atoms with E-state index < -0.39 is 0 Å². The molecule has 0 radical (unpaired) electrons. The lowest BCUT2D eigenvalue weighted by Crippen LogP contribution is -2.05. The fourth-order valence-electron chi connectivity index (χ4n) is 2.26. The Morgan fingerprint density at radius 2 is 1.92 bits per heavy atom. The number of aryl methyl sites for hydroxylation is 1. The lowest BCUT2D eigenvalue weighted by molar-refractivity contribution is 0.344. The first-order chi connectivity index (χ1) is 12.6. The lowest BCUT2D eigenvalue weighted by atomic mass is 10.2. The monoisotopic (exact) mass is 410 g/mol. The van der Waals surface area contributed by atoms with E-state index in [1.165, 1.54) is 11.8 Å². The van der Waals surface area contributed by atoms with Crippen LogP contribution in [0.4, 0.5) is 0 Å². The van der Waals surface area contributed by atoms with Gasteiger partial charge < -0.3 is 9.47 Å². The Morgan fingerprint density at radius 1 is 1.12 bits per heavy atom. The Balaban J connectivity index is 1.65. The maximum absolute atomic E-state index is 6.09. The van der Waals surface area contributed by atoms with Gasteiger partial charge in [-0.15, -0.1) is 5.10 Å². The molecule has 0 amide bonds. The van der Waals surface area contributed by atoms with Crippen LogP contribution in [0.5, 0.6) is 11.5 Å². The van der Waals surface area contributed by atoms with Crippen molar-refractivity contribution in [1.29, 1.82) is 0 Å². The minimum atomic E-state index is 0.448. The van der Waals surface area contributed by atoms with Crippen LogP contribution in [0.25, 0.3) is 5.69 Å². The molecule has 0 fully saturated rings. The van der Waals surface area contributed by atoms with Crippen molar-refractivity contribution >= 4 is 35.0 Å². The van der Waals surface area contributed by atoms with Crippen LogP contribution in [0.3, 0.4) is 0 Å². The average Bonchev–Trinajstić information content (AvgIpc) is 3.08. The maximum atomic E-state index is 6.09. The summed E-state index contributed by atoms with van der Waals surface area (Å²) in [7, 11) is 1.62. The van der Waals surface area contributed by atoms with Gasteiger partial charge in [-0.1, -0.05) is 41.0 Å². The summed E-state index contributed by atoms with van der Waals surface area (Å²) in [5.74, 6) is 1.94. The molecule has 0 aliphatic rings. The van der Waals surface area contributed by atoms with E-state index in [-0.39, 0.29) is 0 Å². The van der Waals surface area contributed by atoms with Crippen molar-refractivity contribution in [1.82, 2.24) is 20.2 Å². The van der Waals surface area contributed by atoms with Crippen molar-refractivity contribution in [2.24, 2.45) is 0 Å². The second-order valence-corrected chi connectivity index (χ2v) is 7.23. The molecular formula is C17H16Cl2N4O2S. The molecule has 0 atom stereocenters. The lowest BCUT2D eigenvalue weighted by Gasteiger charge is -2.11. The van der Waals surface area contributed by atoms with Crippen LogP contribution in [0, 0.1) is 6.92 Å². The number of benzene rings is 2. The topological polar surface area (TPSA) is 62.1 Å². The van der Waals surface area contributed by atoms with Crippen molar-refractivity contribution in [2.75, 3.05) is 19.5 Å². The van der Waals surface area contributed by atoms with E-state index in [1.54, 1.807) is 30.0 Å². The predicted molar refractivity (Wildman–Crippen MR) is 103 cm³/mol. The van der Waals surface area contributed by atoms with Gasteiger partial charge in [0.05, 0.1) is 18.7 Å². The van der Waals surface area contributed by atoms with Crippen LogP contribution in [-0.2, 0) is 0 Å². The van der Waals surface area contributed by atoms with Crippen molar-refractivity contribution < 1.29 is 9.47 Å². The summed E-state index contributed by atoms with van der Waals surface area (Å²) >= 11 is 13.5. The molecule has 1 heterocycles. The third-order valence-corrected chi connectivity index (χ3v) is 4.88. The standard InChI is InChI=1S/C17H16Cl2N4O2S/c1-11-3-5-16(24-2)14(9-11)23-17(20-21-22-23)26-8-7-25-15-6-4-12(18)10-13(15)19/h3-6,9-10H,7-8H2,1-2H3. The van der Waals surface area contributed by atoms with Crippen molar-refractivity contribution in [3.05, 3.63) is 52.0 Å². The van der Waals surface area contributed by atoms with Gasteiger partial charge in [0, 0.05) is 10.8 Å². The van der Waals surface area contributed by atoms with Crippen LogP contribution in [0.1, 0.15) is 5.56 Å². The molecule has 0 N–H and O–H groups in total. The first-order valence-corrected chi connectivity index (χ1v) is 9.46. The molecule has 136 valence electrons. The molecule has 0 saturated heterocycles. The summed E-state index contributed by atoms with van der Waals surface area (Å²) in [6, 6.07) is 11.0. The Labute approximate surface area is 165 Å². The number of ether oxygens (including phenoxy) is 2. The second kappa shape index (κ2) is 8.62. The van der Waals surface area contributed by atoms with E-state index >= 15 is 0 Å². The zero-order valence-electron chi connectivity index (χ0n) is 14.1. The third-order valence-electron chi connectivity index (χ3n) is 3.47. The van der Waals surface area contributed by atoms with Gasteiger partial charge in [0.15, 0.2) is 0 Å². The van der Waals surface area contributed by atoms with Crippen molar-refractivity contribution in [3.8, 4) is 17.2 Å². The highest BCUT2D eigenvalue weighted by Gasteiger charge is 2.14. The highest BCUT2D eigenvalue weighted by Crippen LogP contribution is 2.29. The summed E-state index contributed by atoms with van der Waals surface area (Å²) in [6.45, 7) is 2.45. The van der Waals surface area contributed by atoms with Gasteiger partial charge in [0.2, 0.25) is 5.16 Å². The zero-order chi connectivity index (χ0) is 18.5. The molecule has 0 bridgehead atoms. The summed E-state index contributed by atoms with van der Waals surface area (Å²) in [5, 5.41) is 13.6. The summed E-state index contributed by atoms with van der Waals surface area (Å²) in [5.41, 5.74) is 1.88. The Bertz CT molecular complexity index is 904. The van der Waals surface area contributed by atoms with Gasteiger partial charge in [0.25, 0.3) is 0 Å². The van der Waals surface area contributed by atoms with E-state index in [0.717, 1.165) is 11.3 Å². The SMILES string of the molecule is COc1ccc(C)cc1-n1nnnc1SCCOc1ccc(Cl)cc1Cl. The van der Waals surface area contributed by atoms with Gasteiger partial charge >= 0.3 is 0 Å². The fourth-order valence-corrected chi connectivity index (χ4v) is 3.43. The number of hydrogen-bond donors (Lipinski definition) is 0. The highest BCUT2D eigenvalue weighted by atomic mass is 35.5. The van der Waals surface area contributed by atoms with E-state index in [0.29, 0.717) is 39.1 Å². The Hall–Kier alpha value is -1.96. The highest BCUT2D eigenvalue weighted by molar-refractivity contribution is 7.99. The largest absolute Gasteiger partial charge is 0.494 e. The fraction of sp³-hybridized carbons (Fsp3) is 0.235. The molecule has 0 aliphatic heterocycles. The average molecular weight is 411 g/mol. The van der Waals surface area contributed by atoms with E-state index in [1.807, 2.05) is 25.1 Å². The minimum absolute atomic E-state index is 0.448. The van der Waals surface area contributed by atoms with E-state index in [4.69, 9.17) is 32.7 Å². The third kappa shape index (κ3) is 4.41. The van der Waals surface area contributed by atoms with E-state index in [2.05, 4.69) is 15.5 Å². The molecule has 1 aromatic heterocycles. The number of hydrogen-bond acceptors (Lipinski definition) is 6. The molecule has 0 spiro atoms. The van der Waals surface area contributed by atoms with Crippen LogP contribution in [-0.4, -0.2) is 39.7 Å². The quantitative estimate of drug-likeness (QED) is 0.423. The summed E-state index contributed by atoms with van der Waals surface area (Å²) in [4.78, 5) is 0. The Morgan fingerprint density at radius 3 is 2.69 bits per heavy atom. The van der Waals surface area contributed by atoms with Gasteiger partial charge in [-0.3, -0.25) is 0 Å². The van der Waals surface area contributed by atoms with E-state index in [9.17, 15) is 0 Å². The molecule has 6 nitrogen and oxygen atoms in total. The molecule has 0 unspecified atom stereocenters. The first-order valence-electron chi connectivity index (χ1n) is 7.72. The molecule has 3 aromatic rings. The smallest absolute Gasteiger partial charge is 0.214 e. The molecule has 0 aliphatic carbocycles. The molecule has 9 heteroatoms. The molecule has 0 saturated carbocycles. The molecular weight excluding hydrogens is 395 g/mol. The maximum Gasteiger partial charge on any atom is 0.214 e. The molecule has 26 heavy (non-hydrogen) atoms. The minimum Gasteiger partial charge on any atom is -0.494 e. The van der Waals surface area contributed by atoms with Crippen LogP contribution >= 0.6 is 35.0 Å². The van der Waals surface area contributed by atoms with Crippen LogP contribution < -0.4 is 9.47 Å². The number of nitrogens with zero attached hydrogens (tertiary/aromatic N) is 4. The summed E-state index contributed by atoms with van der Waals surface area (Å²) < 4.78 is 12.8. The number of aromatic nitrogens is 4. The van der Waals surface area contributed by atoms with Gasteiger partial charge in [-0.05, 0) is 53.2 Å². The van der Waals surface area contributed by atoms with Gasteiger partial charge in [0.1, 0.15) is 17.2 Å². The van der Waals surface area contributed by atoms with Crippen molar-refractivity contribution in [3.63, 3.8) is 0 Å². The zero-order valence-corrected chi connectivity index (χ0v) is 16.5. The number of tetrazole rings is 1. The molecule has 2 aromatic carbocycles. The van der Waals surface area contributed by atoms with Crippen LogP contribution in [0.2, 0.25) is 10.0 Å². The molecule has 3 rings (SSSR count). The first kappa shape index (κ1) is 18.8. The van der Waals surface area contributed by atoms with Gasteiger partial charge in [-0.25, -0.2) is 0 Å². The van der Waals surface area contributed by atoms with Crippen molar-refractivity contribution in [2.45, 2.75) is 12.1 Å². The second-order valence-electron chi connectivity index (χ2n) is 5.32. The predicted octanol–water partition coefficient (Wildman–Crippen LogP) is 4.46. The van der Waals surface area contributed by atoms with Crippen LogP contribution in [0.15, 0.2) is 41.6 Å². The Kier molecular flexibility index (Phi) is 6.24. The number of rotatable bonds is 7. The number of methoxy groups -OCH3 is 1.